The van der Waals surface area contributed by atoms with Crippen LogP contribution in [0.1, 0.15) is 54.4 Å². The molecule has 0 bridgehead atoms. The van der Waals surface area contributed by atoms with Gasteiger partial charge in [-0.2, -0.15) is 0 Å². The quantitative estimate of drug-likeness (QED) is 0.660. The zero-order valence-corrected chi connectivity index (χ0v) is 13.2. The highest BCUT2D eigenvalue weighted by Gasteiger charge is 2.17. The van der Waals surface area contributed by atoms with Crippen LogP contribution in [-0.4, -0.2) is 19.4 Å². The highest BCUT2D eigenvalue weighted by Crippen LogP contribution is 2.11. The van der Waals surface area contributed by atoms with Crippen LogP contribution in [0.4, 0.5) is 0 Å². The number of carbonyl (C=O) groups is 2. The summed E-state index contributed by atoms with van der Waals surface area (Å²) in [5.41, 5.74) is 0. The summed E-state index contributed by atoms with van der Waals surface area (Å²) in [5.74, 6) is 0.994. The fraction of sp³-hybridized carbons (Fsp3) is 0.857. The molecule has 0 aliphatic carbocycles. The van der Waals surface area contributed by atoms with Crippen LogP contribution in [-0.2, 0) is 9.59 Å². The summed E-state index contributed by atoms with van der Waals surface area (Å²) < 4.78 is 0. The van der Waals surface area contributed by atoms with Crippen molar-refractivity contribution in [3.8, 4) is 0 Å². The smallest absolute Gasteiger partial charge is 0.355 e. The minimum atomic E-state index is -0.00927. The van der Waals surface area contributed by atoms with Crippen LogP contribution in [0.15, 0.2) is 0 Å². The molecule has 0 aliphatic rings. The second-order valence-electron chi connectivity index (χ2n) is 6.32. The normalized spacial score (nSPS) is 14.1. The summed E-state index contributed by atoms with van der Waals surface area (Å²) in [6, 6.07) is 0. The van der Waals surface area contributed by atoms with Crippen LogP contribution in [0, 0.1) is 23.7 Å². The van der Waals surface area contributed by atoms with E-state index < -0.39 is 0 Å². The van der Waals surface area contributed by atoms with E-state index >= 15 is 0 Å². The maximum atomic E-state index is 11.7. The lowest BCUT2D eigenvalue weighted by Crippen LogP contribution is -2.44. The van der Waals surface area contributed by atoms with E-state index in [1.807, 2.05) is 13.8 Å². The third-order valence-electron chi connectivity index (χ3n) is 3.07. The van der Waals surface area contributed by atoms with Gasteiger partial charge in [-0.15, -0.1) is 0 Å². The Labute approximate surface area is 118 Å². The number of amides is 2. The van der Waals surface area contributed by atoms with E-state index in [1.54, 1.807) is 0 Å². The Morgan fingerprint density at radius 1 is 0.789 bits per heavy atom. The molecule has 0 radical (unpaired) electrons. The van der Waals surface area contributed by atoms with Crippen LogP contribution in [0.5, 0.6) is 0 Å². The van der Waals surface area contributed by atoms with Crippen LogP contribution in [0.25, 0.3) is 0 Å². The van der Waals surface area contributed by atoms with Crippen LogP contribution >= 0.6 is 0 Å². The molecule has 0 aromatic heterocycles. The summed E-state index contributed by atoms with van der Waals surface area (Å²) in [7, 11) is 0.225. The lowest BCUT2D eigenvalue weighted by atomic mass is 9.95. The average Bonchev–Trinajstić information content (AvgIpc) is 2.26. The van der Waals surface area contributed by atoms with Crippen molar-refractivity contribution in [3.05, 3.63) is 0 Å². The van der Waals surface area contributed by atoms with E-state index in [-0.39, 0.29) is 31.2 Å². The maximum Gasteiger partial charge on any atom is 0.355 e. The van der Waals surface area contributed by atoms with Crippen molar-refractivity contribution < 1.29 is 9.59 Å². The predicted molar refractivity (Wildman–Crippen MR) is 80.7 cm³/mol. The molecule has 0 saturated heterocycles. The van der Waals surface area contributed by atoms with Gasteiger partial charge in [0.05, 0.1) is 0 Å². The number of hydrogen-bond acceptors (Lipinski definition) is 2. The fourth-order valence-electron chi connectivity index (χ4n) is 2.20. The van der Waals surface area contributed by atoms with Gasteiger partial charge in [-0.05, 0) is 24.7 Å². The van der Waals surface area contributed by atoms with Crippen LogP contribution < -0.4 is 10.5 Å². The molecule has 0 saturated carbocycles. The first-order valence-electron chi connectivity index (χ1n) is 7.29. The molecule has 2 atom stereocenters. The van der Waals surface area contributed by atoms with Crippen molar-refractivity contribution in [1.82, 2.24) is 10.5 Å². The van der Waals surface area contributed by atoms with E-state index in [0.717, 1.165) is 12.8 Å². The van der Waals surface area contributed by atoms with Crippen molar-refractivity contribution in [2.45, 2.75) is 54.4 Å². The molecule has 0 aliphatic heterocycles. The van der Waals surface area contributed by atoms with Crippen LogP contribution in [0.2, 0.25) is 0 Å². The van der Waals surface area contributed by atoms with Gasteiger partial charge in [-0.25, -0.2) is 0 Å². The largest absolute Gasteiger partial charge is 0.383 e. The lowest BCUT2D eigenvalue weighted by molar-refractivity contribution is -0.123. The highest BCUT2D eigenvalue weighted by molar-refractivity contribution is 6.38. The zero-order valence-electron chi connectivity index (χ0n) is 13.2. The number of rotatable bonds is 8. The molecule has 0 fully saturated rings. The Hall–Kier alpha value is -0.995. The van der Waals surface area contributed by atoms with Crippen molar-refractivity contribution in [1.29, 1.82) is 0 Å². The molecule has 2 N–H and O–H groups in total. The molecule has 2 unspecified atom stereocenters. The van der Waals surface area contributed by atoms with Gasteiger partial charge in [0.2, 0.25) is 11.8 Å². The number of carbonyl (C=O) groups excluding carboxylic acids is 2. The van der Waals surface area contributed by atoms with E-state index in [1.165, 1.54) is 0 Å². The molecule has 110 valence electrons. The molecule has 0 aromatic carbocycles. The second-order valence-corrected chi connectivity index (χ2v) is 6.32. The maximum absolute atomic E-state index is 11.7. The van der Waals surface area contributed by atoms with Gasteiger partial charge in [0.25, 0.3) is 0 Å². The third kappa shape index (κ3) is 8.68. The molecule has 0 rings (SSSR count). The summed E-state index contributed by atoms with van der Waals surface area (Å²) in [5, 5.41) is 5.51. The zero-order chi connectivity index (χ0) is 15.0. The third-order valence-corrected chi connectivity index (χ3v) is 3.07. The van der Waals surface area contributed by atoms with Crippen molar-refractivity contribution >= 4 is 19.4 Å². The minimum Gasteiger partial charge on any atom is -0.383 e. The summed E-state index contributed by atoms with van der Waals surface area (Å²) in [4.78, 5) is 23.5. The van der Waals surface area contributed by atoms with E-state index in [0.29, 0.717) is 11.8 Å². The summed E-state index contributed by atoms with van der Waals surface area (Å²) in [6.07, 6.45) is 1.73. The fourth-order valence-corrected chi connectivity index (χ4v) is 2.20. The first kappa shape index (κ1) is 18.0. The molecule has 4 nitrogen and oxygen atoms in total. The van der Waals surface area contributed by atoms with Gasteiger partial charge < -0.3 is 10.5 Å². The van der Waals surface area contributed by atoms with Crippen molar-refractivity contribution in [2.75, 3.05) is 0 Å². The van der Waals surface area contributed by atoms with Gasteiger partial charge in [-0.1, -0.05) is 41.5 Å². The molecule has 19 heavy (non-hydrogen) atoms. The van der Waals surface area contributed by atoms with Gasteiger partial charge >= 0.3 is 7.55 Å². The molecule has 2 amide bonds. The monoisotopic (exact) mass is 268 g/mol. The Morgan fingerprint density at radius 2 is 1.11 bits per heavy atom. The van der Waals surface area contributed by atoms with Gasteiger partial charge in [0, 0.05) is 11.8 Å². The van der Waals surface area contributed by atoms with E-state index in [4.69, 9.17) is 0 Å². The number of hydrogen-bond donors (Lipinski definition) is 2. The average molecular weight is 268 g/mol. The second kappa shape index (κ2) is 9.00. The lowest BCUT2D eigenvalue weighted by Gasteiger charge is -2.16. The van der Waals surface area contributed by atoms with Gasteiger partial charge in [0.1, 0.15) is 0 Å². The molecule has 5 heteroatoms. The predicted octanol–water partition coefficient (Wildman–Crippen LogP) is 1.85. The highest BCUT2D eigenvalue weighted by atomic mass is 16.2. The van der Waals surface area contributed by atoms with Gasteiger partial charge in [0.15, 0.2) is 0 Å². The molecule has 0 heterocycles. The summed E-state index contributed by atoms with van der Waals surface area (Å²) >= 11 is 0. The standard InChI is InChI=1S/C14H29BN2O2/c1-9(2)7-11(5)13(18)16-15-17-14(19)12(6)8-10(3)4/h9-12,15H,7-8H2,1-6H3,(H,16,18)(H,17,19). The topological polar surface area (TPSA) is 58.2 Å². The first-order chi connectivity index (χ1) is 8.73. The van der Waals surface area contributed by atoms with Gasteiger partial charge in [-0.3, -0.25) is 9.59 Å². The summed E-state index contributed by atoms with van der Waals surface area (Å²) in [6.45, 7) is 12.2. The van der Waals surface area contributed by atoms with Crippen molar-refractivity contribution in [2.24, 2.45) is 23.7 Å². The Morgan fingerprint density at radius 3 is 1.37 bits per heavy atom. The van der Waals surface area contributed by atoms with Crippen molar-refractivity contribution in [3.63, 3.8) is 0 Å². The van der Waals surface area contributed by atoms with E-state index in [9.17, 15) is 9.59 Å². The Kier molecular flexibility index (Phi) is 8.52. The number of nitrogens with one attached hydrogen (secondary N) is 2. The Balaban J connectivity index is 3.90. The van der Waals surface area contributed by atoms with Crippen LogP contribution in [0.3, 0.4) is 0 Å². The molecular formula is C14H29BN2O2. The Bertz CT molecular complexity index is 265. The first-order valence-corrected chi connectivity index (χ1v) is 7.29. The molecule has 0 aromatic rings. The van der Waals surface area contributed by atoms with E-state index in [2.05, 4.69) is 38.2 Å². The minimum absolute atomic E-state index is 0.00510. The molecular weight excluding hydrogens is 239 g/mol. The molecule has 0 spiro atoms. The SMILES string of the molecule is CC(C)CC(C)C(=O)NBNC(=O)C(C)CC(C)C.